The van der Waals surface area contributed by atoms with E-state index >= 15 is 0 Å². The fraction of sp³-hybridized carbons (Fsp3) is 0.455. The van der Waals surface area contributed by atoms with Crippen molar-refractivity contribution in [2.24, 2.45) is 5.73 Å². The zero-order valence-corrected chi connectivity index (χ0v) is 12.1. The van der Waals surface area contributed by atoms with E-state index in [0.717, 1.165) is 0 Å². The molecule has 0 aliphatic rings. The lowest BCUT2D eigenvalue weighted by atomic mass is 10.2. The molecule has 124 valence electrons. The maximum absolute atomic E-state index is 12.9. The van der Waals surface area contributed by atoms with E-state index in [1.807, 2.05) is 4.72 Å². The number of rotatable bonds is 7. The summed E-state index contributed by atoms with van der Waals surface area (Å²) in [5.74, 6) is 0. The summed E-state index contributed by atoms with van der Waals surface area (Å²) < 4.78 is 64.7. The normalized spacial score (nSPS) is 12.4. The van der Waals surface area contributed by atoms with Gasteiger partial charge < -0.3 is 5.73 Å². The smallest absolute Gasteiger partial charge is 0.330 e. The number of hydrogen-bond acceptors (Lipinski definition) is 5. The fourth-order valence-corrected chi connectivity index (χ4v) is 2.92. The van der Waals surface area contributed by atoms with E-state index < -0.39 is 37.3 Å². The van der Waals surface area contributed by atoms with Crippen LogP contribution >= 0.6 is 0 Å². The maximum atomic E-state index is 12.9. The van der Waals surface area contributed by atoms with Gasteiger partial charge in [-0.15, -0.1) is 0 Å². The van der Waals surface area contributed by atoms with Gasteiger partial charge in [-0.05, 0) is 25.5 Å². The molecule has 1 aromatic rings. The van der Waals surface area contributed by atoms with Crippen LogP contribution in [0.15, 0.2) is 23.1 Å². The van der Waals surface area contributed by atoms with Crippen LogP contribution in [0.1, 0.15) is 18.4 Å². The van der Waals surface area contributed by atoms with Crippen LogP contribution in [-0.2, 0) is 16.2 Å². The predicted molar refractivity (Wildman–Crippen MR) is 71.6 cm³/mol. The highest BCUT2D eigenvalue weighted by atomic mass is 32.2. The second-order valence-corrected chi connectivity index (χ2v) is 6.06. The molecule has 0 aliphatic heterocycles. The van der Waals surface area contributed by atoms with Gasteiger partial charge in [-0.3, -0.25) is 10.1 Å². The molecule has 0 saturated carbocycles. The van der Waals surface area contributed by atoms with Crippen molar-refractivity contribution in [3.63, 3.8) is 0 Å². The van der Waals surface area contributed by atoms with Gasteiger partial charge in [-0.1, -0.05) is 0 Å². The molecule has 1 rings (SSSR count). The van der Waals surface area contributed by atoms with Crippen molar-refractivity contribution in [1.29, 1.82) is 0 Å². The second-order valence-electron chi connectivity index (χ2n) is 4.33. The van der Waals surface area contributed by atoms with Gasteiger partial charge in [0.15, 0.2) is 0 Å². The van der Waals surface area contributed by atoms with Gasteiger partial charge in [-0.25, -0.2) is 13.1 Å². The molecule has 11 heteroatoms. The molecule has 0 amide bonds. The molecular formula is C11H14F3N3O4S. The van der Waals surface area contributed by atoms with Crippen molar-refractivity contribution in [3.8, 4) is 0 Å². The van der Waals surface area contributed by atoms with Crippen LogP contribution in [0, 0.1) is 10.1 Å². The zero-order valence-electron chi connectivity index (χ0n) is 11.3. The molecule has 22 heavy (non-hydrogen) atoms. The Kier molecular flexibility index (Phi) is 5.85. The van der Waals surface area contributed by atoms with Gasteiger partial charge in [0, 0.05) is 18.7 Å². The lowest BCUT2D eigenvalue weighted by Gasteiger charge is -2.13. The number of sulfonamides is 1. The second kappa shape index (κ2) is 7.03. The molecule has 0 spiro atoms. The molecular weight excluding hydrogens is 327 g/mol. The van der Waals surface area contributed by atoms with E-state index in [0.29, 0.717) is 31.5 Å². The van der Waals surface area contributed by atoms with Crippen molar-refractivity contribution in [3.05, 3.63) is 33.9 Å². The van der Waals surface area contributed by atoms with Gasteiger partial charge in [0.2, 0.25) is 10.0 Å². The van der Waals surface area contributed by atoms with Crippen LogP contribution in [0.2, 0.25) is 0 Å². The minimum absolute atomic E-state index is 0.0756. The molecule has 0 fully saturated rings. The summed E-state index contributed by atoms with van der Waals surface area (Å²) in [6, 6.07) is 1.49. The number of nitro groups is 1. The highest BCUT2D eigenvalue weighted by Crippen LogP contribution is 2.36. The van der Waals surface area contributed by atoms with Crippen LogP contribution in [0.5, 0.6) is 0 Å². The Morgan fingerprint density at radius 1 is 1.27 bits per heavy atom. The lowest BCUT2D eigenvalue weighted by Crippen LogP contribution is -2.27. The third-order valence-electron chi connectivity index (χ3n) is 2.69. The molecule has 0 aromatic heterocycles. The highest BCUT2D eigenvalue weighted by Gasteiger charge is 2.38. The molecule has 0 radical (unpaired) electrons. The SMILES string of the molecule is NCCCCNS(=O)(=O)c1ccc([N+](=O)[O-])cc1C(F)(F)F. The first kappa shape index (κ1) is 18.3. The first-order valence-electron chi connectivity index (χ1n) is 6.15. The van der Waals surface area contributed by atoms with Crippen molar-refractivity contribution in [2.75, 3.05) is 13.1 Å². The number of non-ortho nitro benzene ring substituents is 1. The van der Waals surface area contributed by atoms with Crippen LogP contribution in [0.25, 0.3) is 0 Å². The Bertz CT molecular complexity index is 646. The Morgan fingerprint density at radius 3 is 2.41 bits per heavy atom. The summed E-state index contributed by atoms with van der Waals surface area (Å²) in [6.45, 7) is 0.251. The van der Waals surface area contributed by atoms with Crippen LogP contribution in [-0.4, -0.2) is 26.4 Å². The zero-order chi connectivity index (χ0) is 17.0. The van der Waals surface area contributed by atoms with Crippen molar-refractivity contribution in [1.82, 2.24) is 4.72 Å². The molecule has 0 heterocycles. The number of unbranched alkanes of at least 4 members (excludes halogenated alkanes) is 1. The van der Waals surface area contributed by atoms with E-state index in [1.165, 1.54) is 0 Å². The number of alkyl halides is 3. The highest BCUT2D eigenvalue weighted by molar-refractivity contribution is 7.89. The Labute approximate surface area is 124 Å². The first-order chi connectivity index (χ1) is 10.1. The number of nitrogens with one attached hydrogen (secondary N) is 1. The number of hydrogen-bond donors (Lipinski definition) is 2. The largest absolute Gasteiger partial charge is 0.417 e. The van der Waals surface area contributed by atoms with Gasteiger partial charge in [0.1, 0.15) is 0 Å². The number of benzene rings is 1. The molecule has 3 N–H and O–H groups in total. The first-order valence-corrected chi connectivity index (χ1v) is 7.63. The Morgan fingerprint density at radius 2 is 1.91 bits per heavy atom. The monoisotopic (exact) mass is 341 g/mol. The molecule has 0 aliphatic carbocycles. The summed E-state index contributed by atoms with van der Waals surface area (Å²) >= 11 is 0. The number of halogens is 3. The lowest BCUT2D eigenvalue weighted by molar-refractivity contribution is -0.385. The number of nitrogens with two attached hydrogens (primary N) is 1. The standard InChI is InChI=1S/C11H14F3N3O4S/c12-11(13,14)9-7-8(17(18)19)3-4-10(9)22(20,21)16-6-2-1-5-15/h3-4,7,16H,1-2,5-6,15H2. The van der Waals surface area contributed by atoms with Gasteiger partial charge in [0.25, 0.3) is 5.69 Å². The van der Waals surface area contributed by atoms with Crippen LogP contribution in [0.3, 0.4) is 0 Å². The minimum Gasteiger partial charge on any atom is -0.330 e. The van der Waals surface area contributed by atoms with Gasteiger partial charge >= 0.3 is 6.18 Å². The summed E-state index contributed by atoms with van der Waals surface area (Å²) in [4.78, 5) is 8.48. The number of nitro benzene ring substituents is 1. The van der Waals surface area contributed by atoms with E-state index in [9.17, 15) is 31.7 Å². The topological polar surface area (TPSA) is 115 Å². The molecule has 0 unspecified atom stereocenters. The molecule has 0 bridgehead atoms. The van der Waals surface area contributed by atoms with Crippen molar-refractivity contribution >= 4 is 15.7 Å². The van der Waals surface area contributed by atoms with E-state index in [2.05, 4.69) is 0 Å². The Hall–Kier alpha value is -1.72. The maximum Gasteiger partial charge on any atom is 0.417 e. The third kappa shape index (κ3) is 4.64. The predicted octanol–water partition coefficient (Wildman–Crippen LogP) is 1.63. The quantitative estimate of drug-likeness (QED) is 0.444. The average Bonchev–Trinajstić information content (AvgIpc) is 2.42. The Balaban J connectivity index is 3.20. The molecule has 7 nitrogen and oxygen atoms in total. The van der Waals surface area contributed by atoms with E-state index in [-0.39, 0.29) is 12.6 Å². The summed E-state index contributed by atoms with van der Waals surface area (Å²) in [6.07, 6.45) is -4.16. The minimum atomic E-state index is -5.03. The van der Waals surface area contributed by atoms with E-state index in [1.54, 1.807) is 0 Å². The van der Waals surface area contributed by atoms with Crippen molar-refractivity contribution in [2.45, 2.75) is 23.9 Å². The molecule has 0 saturated heterocycles. The van der Waals surface area contributed by atoms with Crippen LogP contribution in [0.4, 0.5) is 18.9 Å². The summed E-state index contributed by atoms with van der Waals surface area (Å²) in [5, 5.41) is 10.5. The summed E-state index contributed by atoms with van der Waals surface area (Å²) in [5.41, 5.74) is 2.81. The third-order valence-corrected chi connectivity index (χ3v) is 4.21. The van der Waals surface area contributed by atoms with Gasteiger partial charge in [0.05, 0.1) is 15.4 Å². The van der Waals surface area contributed by atoms with Crippen molar-refractivity contribution < 1.29 is 26.5 Å². The summed E-state index contributed by atoms with van der Waals surface area (Å²) in [7, 11) is -4.43. The fourth-order valence-electron chi connectivity index (χ4n) is 1.64. The van der Waals surface area contributed by atoms with Crippen LogP contribution < -0.4 is 10.5 Å². The van der Waals surface area contributed by atoms with E-state index in [4.69, 9.17) is 5.73 Å². The average molecular weight is 341 g/mol. The molecule has 0 atom stereocenters. The molecule has 1 aromatic carbocycles. The van der Waals surface area contributed by atoms with Gasteiger partial charge in [-0.2, -0.15) is 13.2 Å². The number of nitrogens with zero attached hydrogens (tertiary/aromatic N) is 1.